The summed E-state index contributed by atoms with van der Waals surface area (Å²) < 4.78 is 6.49. The lowest BCUT2D eigenvalue weighted by Crippen LogP contribution is -2.22. The molecule has 23 heavy (non-hydrogen) atoms. The van der Waals surface area contributed by atoms with E-state index in [1.54, 1.807) is 7.11 Å². The fourth-order valence-electron chi connectivity index (χ4n) is 2.60. The maximum Gasteiger partial charge on any atom is 0.276 e. The van der Waals surface area contributed by atoms with Crippen molar-refractivity contribution >= 4 is 5.65 Å². The third-order valence-corrected chi connectivity index (χ3v) is 3.76. The van der Waals surface area contributed by atoms with Crippen molar-refractivity contribution in [2.75, 3.05) is 7.11 Å². The molecule has 2 heterocycles. The Bertz CT molecular complexity index is 959. The molecule has 0 atom stereocenters. The second-order valence-corrected chi connectivity index (χ2v) is 5.52. The zero-order valence-electron chi connectivity index (χ0n) is 13.1. The van der Waals surface area contributed by atoms with Gasteiger partial charge in [-0.1, -0.05) is 13.8 Å². The second-order valence-electron chi connectivity index (χ2n) is 5.52. The molecule has 6 heteroatoms. The maximum absolute atomic E-state index is 12.8. The van der Waals surface area contributed by atoms with Gasteiger partial charge in [-0.3, -0.25) is 9.89 Å². The van der Waals surface area contributed by atoms with Gasteiger partial charge in [0.15, 0.2) is 5.65 Å². The first kappa shape index (κ1) is 14.9. The monoisotopic (exact) mass is 308 g/mol. The number of ether oxygens (including phenoxy) is 1. The van der Waals surface area contributed by atoms with Gasteiger partial charge in [0.1, 0.15) is 17.4 Å². The molecular formula is C17H16N4O2. The van der Waals surface area contributed by atoms with Gasteiger partial charge in [0, 0.05) is 17.3 Å². The molecule has 0 aliphatic carbocycles. The number of hydrogen-bond donors (Lipinski definition) is 1. The topological polar surface area (TPSA) is 83.2 Å². The number of hydrogen-bond acceptors (Lipinski definition) is 4. The highest BCUT2D eigenvalue weighted by Gasteiger charge is 2.19. The van der Waals surface area contributed by atoms with E-state index in [9.17, 15) is 10.1 Å². The molecule has 0 radical (unpaired) electrons. The fourth-order valence-corrected chi connectivity index (χ4v) is 2.60. The minimum Gasteiger partial charge on any atom is -0.497 e. The molecule has 0 aliphatic heterocycles. The number of rotatable bonds is 3. The molecule has 3 rings (SSSR count). The molecule has 0 unspecified atom stereocenters. The molecule has 0 spiro atoms. The summed E-state index contributed by atoms with van der Waals surface area (Å²) in [5.41, 5.74) is 2.53. The zero-order valence-corrected chi connectivity index (χ0v) is 13.1. The number of nitriles is 1. The summed E-state index contributed by atoms with van der Waals surface area (Å²) in [4.78, 5) is 17.4. The number of nitrogens with zero attached hydrogens (tertiary/aromatic N) is 3. The molecule has 0 saturated heterocycles. The Hall–Kier alpha value is -3.07. The van der Waals surface area contributed by atoms with Crippen molar-refractivity contribution in [2.24, 2.45) is 0 Å². The van der Waals surface area contributed by atoms with E-state index in [1.807, 2.05) is 44.2 Å². The lowest BCUT2D eigenvalue weighted by molar-refractivity contribution is 0.415. The van der Waals surface area contributed by atoms with E-state index < -0.39 is 0 Å². The van der Waals surface area contributed by atoms with Crippen molar-refractivity contribution in [3.63, 3.8) is 0 Å². The first-order chi connectivity index (χ1) is 11.1. The largest absolute Gasteiger partial charge is 0.497 e. The molecule has 6 nitrogen and oxygen atoms in total. The van der Waals surface area contributed by atoms with Gasteiger partial charge in [0.25, 0.3) is 5.56 Å². The zero-order chi connectivity index (χ0) is 16.6. The average Bonchev–Trinajstić information content (AvgIpc) is 2.97. The van der Waals surface area contributed by atoms with Crippen molar-refractivity contribution in [3.05, 3.63) is 51.9 Å². The quantitative estimate of drug-likeness (QED) is 0.806. The molecule has 0 saturated carbocycles. The van der Waals surface area contributed by atoms with Crippen LogP contribution in [0.2, 0.25) is 0 Å². The van der Waals surface area contributed by atoms with Gasteiger partial charge in [0.2, 0.25) is 0 Å². The van der Waals surface area contributed by atoms with E-state index in [0.29, 0.717) is 22.5 Å². The van der Waals surface area contributed by atoms with Crippen LogP contribution in [0.5, 0.6) is 5.75 Å². The van der Waals surface area contributed by atoms with Crippen LogP contribution in [0.15, 0.2) is 35.3 Å². The Morgan fingerprint density at radius 1 is 1.30 bits per heavy atom. The van der Waals surface area contributed by atoms with E-state index in [-0.39, 0.29) is 11.5 Å². The Morgan fingerprint density at radius 3 is 2.57 bits per heavy atom. The molecule has 1 aromatic carbocycles. The summed E-state index contributed by atoms with van der Waals surface area (Å²) in [6.45, 7) is 3.90. The normalized spacial score (nSPS) is 10.9. The van der Waals surface area contributed by atoms with Crippen LogP contribution < -0.4 is 10.3 Å². The van der Waals surface area contributed by atoms with Gasteiger partial charge >= 0.3 is 0 Å². The van der Waals surface area contributed by atoms with Gasteiger partial charge in [-0.25, -0.2) is 9.50 Å². The van der Waals surface area contributed by atoms with Crippen LogP contribution in [0, 0.1) is 11.3 Å². The SMILES string of the molecule is COc1ccc(-c2nc3c(C#N)c[nH]n3c(=O)c2C(C)C)cc1. The number of H-pyrrole nitrogens is 1. The van der Waals surface area contributed by atoms with Gasteiger partial charge in [0.05, 0.1) is 12.8 Å². The predicted octanol–water partition coefficient (Wildman–Crippen LogP) is 2.69. The molecule has 0 fully saturated rings. The fraction of sp³-hybridized carbons (Fsp3) is 0.235. The molecular weight excluding hydrogens is 292 g/mol. The molecule has 3 aromatic rings. The number of aromatic nitrogens is 3. The Labute approximate surface area is 133 Å². The van der Waals surface area contributed by atoms with Crippen molar-refractivity contribution in [1.82, 2.24) is 14.6 Å². The van der Waals surface area contributed by atoms with E-state index >= 15 is 0 Å². The Morgan fingerprint density at radius 2 is 2.00 bits per heavy atom. The number of aromatic amines is 1. The van der Waals surface area contributed by atoms with E-state index in [4.69, 9.17) is 4.74 Å². The minimum atomic E-state index is -0.183. The van der Waals surface area contributed by atoms with Crippen LogP contribution in [0.3, 0.4) is 0 Å². The van der Waals surface area contributed by atoms with E-state index in [0.717, 1.165) is 11.3 Å². The van der Waals surface area contributed by atoms with Crippen LogP contribution in [-0.4, -0.2) is 21.7 Å². The predicted molar refractivity (Wildman–Crippen MR) is 86.6 cm³/mol. The van der Waals surface area contributed by atoms with Crippen LogP contribution >= 0.6 is 0 Å². The molecule has 1 N–H and O–H groups in total. The summed E-state index contributed by atoms with van der Waals surface area (Å²) in [5.74, 6) is 0.731. The summed E-state index contributed by atoms with van der Waals surface area (Å²) in [6, 6.07) is 9.42. The van der Waals surface area contributed by atoms with Gasteiger partial charge < -0.3 is 4.74 Å². The van der Waals surface area contributed by atoms with Gasteiger partial charge in [-0.15, -0.1) is 0 Å². The third-order valence-electron chi connectivity index (χ3n) is 3.76. The highest BCUT2D eigenvalue weighted by molar-refractivity contribution is 5.68. The highest BCUT2D eigenvalue weighted by atomic mass is 16.5. The van der Waals surface area contributed by atoms with Crippen LogP contribution in [0.25, 0.3) is 16.9 Å². The summed E-state index contributed by atoms with van der Waals surface area (Å²) in [5, 5.41) is 12.0. The lowest BCUT2D eigenvalue weighted by Gasteiger charge is -2.12. The number of nitrogens with one attached hydrogen (secondary N) is 1. The highest BCUT2D eigenvalue weighted by Crippen LogP contribution is 2.27. The molecule has 0 amide bonds. The lowest BCUT2D eigenvalue weighted by atomic mass is 9.98. The van der Waals surface area contributed by atoms with Crippen LogP contribution in [0.1, 0.15) is 30.9 Å². The van der Waals surface area contributed by atoms with Crippen molar-refractivity contribution in [3.8, 4) is 23.1 Å². The van der Waals surface area contributed by atoms with Crippen molar-refractivity contribution < 1.29 is 4.74 Å². The van der Waals surface area contributed by atoms with Gasteiger partial charge in [-0.2, -0.15) is 5.26 Å². The first-order valence-corrected chi connectivity index (χ1v) is 7.25. The van der Waals surface area contributed by atoms with Crippen molar-refractivity contribution in [2.45, 2.75) is 19.8 Å². The first-order valence-electron chi connectivity index (χ1n) is 7.25. The Balaban J connectivity index is 2.35. The molecule has 0 bridgehead atoms. The van der Waals surface area contributed by atoms with Crippen LogP contribution in [-0.2, 0) is 0 Å². The number of benzene rings is 1. The third kappa shape index (κ3) is 2.36. The summed E-state index contributed by atoms with van der Waals surface area (Å²) >= 11 is 0. The number of methoxy groups -OCH3 is 1. The van der Waals surface area contributed by atoms with Gasteiger partial charge in [-0.05, 0) is 30.2 Å². The summed E-state index contributed by atoms with van der Waals surface area (Å²) in [7, 11) is 1.60. The molecule has 0 aliphatic rings. The second kappa shape index (κ2) is 5.61. The maximum atomic E-state index is 12.8. The van der Waals surface area contributed by atoms with E-state index in [2.05, 4.69) is 10.1 Å². The molecule has 2 aromatic heterocycles. The Kier molecular flexibility index (Phi) is 3.62. The van der Waals surface area contributed by atoms with Crippen molar-refractivity contribution in [1.29, 1.82) is 5.26 Å². The van der Waals surface area contributed by atoms with E-state index in [1.165, 1.54) is 10.7 Å². The number of fused-ring (bicyclic) bond motifs is 1. The van der Waals surface area contributed by atoms with Crippen LogP contribution in [0.4, 0.5) is 0 Å². The smallest absolute Gasteiger partial charge is 0.276 e. The standard InChI is InChI=1S/C17H16N4O2/c1-10(2)14-15(11-4-6-13(23-3)7-5-11)20-16-12(8-18)9-19-21(16)17(14)22/h4-7,9-10,19H,1-3H3. The summed E-state index contributed by atoms with van der Waals surface area (Å²) in [6.07, 6.45) is 1.49. The average molecular weight is 308 g/mol. The minimum absolute atomic E-state index is 0.00200. The molecule has 116 valence electrons.